The van der Waals surface area contributed by atoms with Crippen LogP contribution in [0.25, 0.3) is 0 Å². The number of nitrogens with one attached hydrogen (secondary N) is 1. The second kappa shape index (κ2) is 9.98. The predicted molar refractivity (Wildman–Crippen MR) is 111 cm³/mol. The Balaban J connectivity index is 1.68. The molecule has 150 valence electrons. The second-order valence-electron chi connectivity index (χ2n) is 6.73. The molecule has 2 rings (SSSR count). The Labute approximate surface area is 168 Å². The zero-order chi connectivity index (χ0) is 19.9. The molecule has 0 radical (unpaired) electrons. The monoisotopic (exact) mass is 459 g/mol. The van der Waals surface area contributed by atoms with E-state index in [0.29, 0.717) is 31.9 Å². The van der Waals surface area contributed by atoms with Gasteiger partial charge in [-0.3, -0.25) is 9.59 Å². The van der Waals surface area contributed by atoms with Gasteiger partial charge in [-0.2, -0.15) is 8.46 Å². The molecular weight excluding hydrogens is 434 g/mol. The number of hydrogen-bond donors (Lipinski definition) is 1. The van der Waals surface area contributed by atoms with Crippen LogP contribution in [-0.2, 0) is 20.9 Å². The van der Waals surface area contributed by atoms with Crippen molar-refractivity contribution >= 4 is 41.2 Å². The number of piperazine rings is 1. The Kier molecular flexibility index (Phi) is 7.97. The van der Waals surface area contributed by atoms with Crippen LogP contribution in [-0.4, -0.2) is 78.7 Å². The van der Waals surface area contributed by atoms with Gasteiger partial charge in [0.1, 0.15) is 6.61 Å². The van der Waals surface area contributed by atoms with Crippen molar-refractivity contribution in [1.29, 1.82) is 0 Å². The Hall–Kier alpha value is -1.74. The van der Waals surface area contributed by atoms with Gasteiger partial charge in [-0.1, -0.05) is 30.3 Å². The second-order valence-corrected chi connectivity index (χ2v) is 15.1. The normalized spacial score (nSPS) is 15.2. The minimum absolute atomic E-state index is 0.0141. The lowest BCUT2D eigenvalue weighted by Crippen LogP contribution is -2.52. The number of carbonyl (C=O) groups is 3. The summed E-state index contributed by atoms with van der Waals surface area (Å²) in [6.07, 6.45) is 3.58. The third kappa shape index (κ3) is 7.80. The van der Waals surface area contributed by atoms with E-state index in [9.17, 15) is 14.4 Å². The number of halogens is 1. The van der Waals surface area contributed by atoms with Gasteiger partial charge in [-0.25, -0.2) is 4.79 Å². The van der Waals surface area contributed by atoms with Gasteiger partial charge in [0.2, 0.25) is 11.8 Å². The minimum atomic E-state index is -1.12. The maximum absolute atomic E-state index is 12.2. The fraction of sp³-hybridized carbons (Fsp3) is 0.500. The van der Waals surface area contributed by atoms with E-state index < -0.39 is 8.46 Å². The molecule has 0 aromatic heterocycles. The molecule has 1 aromatic rings. The van der Waals surface area contributed by atoms with Gasteiger partial charge in [0, 0.05) is 26.2 Å². The summed E-state index contributed by atoms with van der Waals surface area (Å²) in [7, 11) is -1.12. The van der Waals surface area contributed by atoms with Crippen LogP contribution in [0, 0.1) is 0 Å². The van der Waals surface area contributed by atoms with Crippen molar-refractivity contribution in [2.45, 2.75) is 6.61 Å². The summed E-state index contributed by atoms with van der Waals surface area (Å²) in [5.41, 5.74) is 0.934. The van der Waals surface area contributed by atoms with Gasteiger partial charge in [-0.05, 0) is 32.9 Å². The zero-order valence-corrected chi connectivity index (χ0v) is 18.1. The van der Waals surface area contributed by atoms with Gasteiger partial charge < -0.3 is 19.9 Å². The lowest BCUT2D eigenvalue weighted by Gasteiger charge is -2.34. The molecule has 1 fully saturated rings. The van der Waals surface area contributed by atoms with Gasteiger partial charge >= 0.3 is 6.09 Å². The molecule has 1 N–H and O–H groups in total. The van der Waals surface area contributed by atoms with E-state index in [1.54, 1.807) is 9.80 Å². The van der Waals surface area contributed by atoms with Crippen molar-refractivity contribution in [2.24, 2.45) is 0 Å². The summed E-state index contributed by atoms with van der Waals surface area (Å²) in [4.78, 5) is 39.4. The molecule has 0 saturated carbocycles. The predicted octanol–water partition coefficient (Wildman–Crippen LogP) is 1.96. The fourth-order valence-electron chi connectivity index (χ4n) is 2.60. The van der Waals surface area contributed by atoms with Crippen molar-refractivity contribution < 1.29 is 19.1 Å². The number of ether oxygens (including phenoxy) is 1. The highest BCUT2D eigenvalue weighted by atomic mass is 79.9. The summed E-state index contributed by atoms with van der Waals surface area (Å²) < 4.78 is 5.31. The molecule has 1 aliphatic rings. The van der Waals surface area contributed by atoms with Crippen LogP contribution < -0.4 is 5.32 Å². The van der Waals surface area contributed by atoms with Crippen LogP contribution in [0.2, 0.25) is 0 Å². The lowest BCUT2D eigenvalue weighted by molar-refractivity contribution is -0.133. The molecule has 27 heavy (non-hydrogen) atoms. The summed E-state index contributed by atoms with van der Waals surface area (Å²) in [5, 5.41) is 2.66. The molecule has 3 amide bonds. The maximum atomic E-state index is 12.2. The summed E-state index contributed by atoms with van der Waals surface area (Å²) in [6.45, 7) is 1.93. The number of hydrogen-bond acceptors (Lipinski definition) is 4. The molecule has 0 bridgehead atoms. The molecule has 1 aliphatic heterocycles. The molecule has 1 aromatic carbocycles. The first-order chi connectivity index (χ1) is 12.7. The molecule has 0 spiro atoms. The highest BCUT2D eigenvalue weighted by molar-refractivity contribution is 9.58. The Morgan fingerprint density at radius 2 is 1.67 bits per heavy atom. The molecular formula is C18H26BrN3O4S. The van der Waals surface area contributed by atoms with Crippen LogP contribution in [0.3, 0.4) is 0 Å². The number of nitrogens with zero attached hydrogens (tertiary/aromatic N) is 2. The Bertz CT molecular complexity index is 658. The van der Waals surface area contributed by atoms with Crippen molar-refractivity contribution in [3.63, 3.8) is 0 Å². The van der Waals surface area contributed by atoms with Crippen molar-refractivity contribution in [3.05, 3.63) is 35.9 Å². The number of benzene rings is 1. The molecule has 9 heteroatoms. The van der Waals surface area contributed by atoms with E-state index in [0.717, 1.165) is 5.56 Å². The first kappa shape index (κ1) is 21.6. The van der Waals surface area contributed by atoms with Crippen LogP contribution in [0.5, 0.6) is 0 Å². The largest absolute Gasteiger partial charge is 0.445 e. The zero-order valence-electron chi connectivity index (χ0n) is 15.7. The maximum Gasteiger partial charge on any atom is 0.410 e. The average Bonchev–Trinajstić information content (AvgIpc) is 2.64. The number of rotatable bonds is 6. The number of amides is 3. The van der Waals surface area contributed by atoms with Crippen LogP contribution in [0.4, 0.5) is 4.79 Å². The van der Waals surface area contributed by atoms with E-state index in [1.807, 2.05) is 42.8 Å². The Morgan fingerprint density at radius 1 is 1.07 bits per heavy atom. The van der Waals surface area contributed by atoms with E-state index >= 15 is 0 Å². The highest BCUT2D eigenvalue weighted by Gasteiger charge is 2.25. The van der Waals surface area contributed by atoms with E-state index in [-0.39, 0.29) is 31.1 Å². The number of carbonyl (C=O) groups excluding carboxylic acids is 3. The van der Waals surface area contributed by atoms with Gasteiger partial charge in [0.15, 0.2) is 0 Å². The summed E-state index contributed by atoms with van der Waals surface area (Å²) in [6, 6.07) is 9.50. The van der Waals surface area contributed by atoms with E-state index in [1.165, 1.54) is 0 Å². The highest BCUT2D eigenvalue weighted by Crippen LogP contribution is 2.47. The molecule has 0 aliphatic carbocycles. The molecule has 1 saturated heterocycles. The lowest BCUT2D eigenvalue weighted by atomic mass is 10.2. The third-order valence-electron chi connectivity index (χ3n) is 4.01. The SMILES string of the molecule is CS(C)(Br)CC(=O)NCC(=O)N1CCN(C(=O)OCc2ccccc2)CC1. The standard InChI is InChI=1S/C18H26BrN3O4S/c1-27(2,19)14-16(23)20-12-17(24)21-8-10-22(11-9-21)18(25)26-13-15-6-4-3-5-7-15/h3-7H,8-14H2,1-2H3,(H,20,23). The van der Waals surface area contributed by atoms with Crippen molar-refractivity contribution in [3.8, 4) is 0 Å². The van der Waals surface area contributed by atoms with Gasteiger partial charge in [0.05, 0.1) is 12.3 Å². The Morgan fingerprint density at radius 3 is 2.26 bits per heavy atom. The first-order valence-electron chi connectivity index (χ1n) is 8.65. The van der Waals surface area contributed by atoms with E-state index in [2.05, 4.69) is 20.1 Å². The van der Waals surface area contributed by atoms with Gasteiger partial charge in [0.25, 0.3) is 0 Å². The topological polar surface area (TPSA) is 79.0 Å². The van der Waals surface area contributed by atoms with E-state index in [4.69, 9.17) is 4.74 Å². The van der Waals surface area contributed by atoms with Crippen molar-refractivity contribution in [1.82, 2.24) is 15.1 Å². The smallest absolute Gasteiger partial charge is 0.410 e. The first-order valence-corrected chi connectivity index (χ1v) is 13.1. The molecule has 1 heterocycles. The average molecular weight is 460 g/mol. The van der Waals surface area contributed by atoms with Crippen LogP contribution in [0.1, 0.15) is 5.56 Å². The minimum Gasteiger partial charge on any atom is -0.445 e. The fourth-order valence-corrected chi connectivity index (χ4v) is 3.95. The van der Waals surface area contributed by atoms with Crippen molar-refractivity contribution in [2.75, 3.05) is 51.0 Å². The van der Waals surface area contributed by atoms with Crippen LogP contribution >= 0.6 is 23.3 Å². The summed E-state index contributed by atoms with van der Waals surface area (Å²) >= 11 is 3.49. The quantitative estimate of drug-likeness (QED) is 0.704. The van der Waals surface area contributed by atoms with Crippen LogP contribution in [0.15, 0.2) is 30.3 Å². The summed E-state index contributed by atoms with van der Waals surface area (Å²) in [5.74, 6) is 0.104. The third-order valence-corrected chi connectivity index (χ3v) is 5.64. The molecule has 7 nitrogen and oxygen atoms in total. The van der Waals surface area contributed by atoms with Gasteiger partial charge in [-0.15, -0.1) is 0 Å². The molecule has 0 unspecified atom stereocenters. The molecule has 0 atom stereocenters.